The van der Waals surface area contributed by atoms with E-state index in [0.29, 0.717) is 6.61 Å². The minimum atomic E-state index is 0.547. The summed E-state index contributed by atoms with van der Waals surface area (Å²) in [5.41, 5.74) is 2.22. The predicted molar refractivity (Wildman–Crippen MR) is 76.2 cm³/mol. The maximum Gasteiger partial charge on any atom is 0.137 e. The second kappa shape index (κ2) is 5.91. The average molecular weight is 307 g/mol. The first-order chi connectivity index (χ1) is 8.70. The van der Waals surface area contributed by atoms with Crippen LogP contribution in [0.25, 0.3) is 0 Å². The number of halogens is 1. The first kappa shape index (κ1) is 13.0. The lowest BCUT2D eigenvalue weighted by Crippen LogP contribution is -1.97. The molecule has 0 heterocycles. The van der Waals surface area contributed by atoms with E-state index in [0.717, 1.165) is 27.1 Å². The number of rotatable bonds is 4. The second-order valence-electron chi connectivity index (χ2n) is 4.03. The molecule has 0 saturated carbocycles. The number of ether oxygens (including phenoxy) is 2. The van der Waals surface area contributed by atoms with Crippen molar-refractivity contribution in [3.8, 4) is 11.5 Å². The monoisotopic (exact) mass is 306 g/mol. The van der Waals surface area contributed by atoms with E-state index in [4.69, 9.17) is 9.47 Å². The lowest BCUT2D eigenvalue weighted by molar-refractivity contribution is 0.301. The fourth-order valence-electron chi connectivity index (χ4n) is 1.70. The van der Waals surface area contributed by atoms with E-state index in [-0.39, 0.29) is 0 Å². The number of hydrogen-bond acceptors (Lipinski definition) is 2. The molecule has 94 valence electrons. The summed E-state index contributed by atoms with van der Waals surface area (Å²) in [5, 5.41) is 0. The minimum absolute atomic E-state index is 0.547. The van der Waals surface area contributed by atoms with Crippen LogP contribution in [0, 0.1) is 6.92 Å². The Balaban J connectivity index is 2.14. The van der Waals surface area contributed by atoms with Gasteiger partial charge in [-0.1, -0.05) is 30.3 Å². The highest BCUT2D eigenvalue weighted by Crippen LogP contribution is 2.32. The third kappa shape index (κ3) is 3.05. The number of aryl methyl sites for hydroxylation is 1. The molecule has 0 N–H and O–H groups in total. The third-order valence-corrected chi connectivity index (χ3v) is 3.31. The molecule has 0 aliphatic heterocycles. The summed E-state index contributed by atoms with van der Waals surface area (Å²) < 4.78 is 12.0. The van der Waals surface area contributed by atoms with Crippen LogP contribution in [0.15, 0.2) is 46.9 Å². The van der Waals surface area contributed by atoms with Gasteiger partial charge in [-0.3, -0.25) is 0 Å². The fraction of sp³-hybridized carbons (Fsp3) is 0.200. The lowest BCUT2D eigenvalue weighted by Gasteiger charge is -2.12. The van der Waals surface area contributed by atoms with Gasteiger partial charge in [0, 0.05) is 6.07 Å². The van der Waals surface area contributed by atoms with Crippen LogP contribution in [-0.2, 0) is 6.61 Å². The van der Waals surface area contributed by atoms with Gasteiger partial charge in [0.15, 0.2) is 0 Å². The summed E-state index contributed by atoms with van der Waals surface area (Å²) in [6.07, 6.45) is 0. The van der Waals surface area contributed by atoms with E-state index in [1.165, 1.54) is 0 Å². The largest absolute Gasteiger partial charge is 0.496 e. The molecule has 0 aliphatic rings. The molecule has 0 unspecified atom stereocenters. The molecule has 0 bridgehead atoms. The van der Waals surface area contributed by atoms with E-state index in [1.807, 2.05) is 49.4 Å². The van der Waals surface area contributed by atoms with Crippen molar-refractivity contribution in [1.29, 1.82) is 0 Å². The summed E-state index contributed by atoms with van der Waals surface area (Å²) >= 11 is 3.50. The molecule has 0 radical (unpaired) electrons. The average Bonchev–Trinajstić information content (AvgIpc) is 2.39. The topological polar surface area (TPSA) is 18.5 Å². The zero-order valence-electron chi connectivity index (χ0n) is 10.4. The Hall–Kier alpha value is -1.48. The van der Waals surface area contributed by atoms with E-state index in [2.05, 4.69) is 15.9 Å². The van der Waals surface area contributed by atoms with Gasteiger partial charge >= 0.3 is 0 Å². The van der Waals surface area contributed by atoms with Crippen molar-refractivity contribution in [3.05, 3.63) is 58.1 Å². The predicted octanol–water partition coefficient (Wildman–Crippen LogP) is 4.35. The van der Waals surface area contributed by atoms with Gasteiger partial charge in [-0.05, 0) is 40.0 Å². The molecule has 0 saturated heterocycles. The molecular formula is C15H15BrO2. The fourth-order valence-corrected chi connectivity index (χ4v) is 2.27. The van der Waals surface area contributed by atoms with Gasteiger partial charge in [-0.2, -0.15) is 0 Å². The van der Waals surface area contributed by atoms with E-state index in [9.17, 15) is 0 Å². The van der Waals surface area contributed by atoms with Gasteiger partial charge in [0.25, 0.3) is 0 Å². The zero-order chi connectivity index (χ0) is 13.0. The highest BCUT2D eigenvalue weighted by atomic mass is 79.9. The lowest BCUT2D eigenvalue weighted by atomic mass is 10.2. The Kier molecular flexibility index (Phi) is 4.26. The van der Waals surface area contributed by atoms with Crippen LogP contribution in [0.4, 0.5) is 0 Å². The molecule has 3 heteroatoms. The van der Waals surface area contributed by atoms with Gasteiger partial charge in [0.2, 0.25) is 0 Å². The SMILES string of the molecule is COc1cc(OCc2ccccc2)c(Br)cc1C. The Morgan fingerprint density at radius 3 is 2.44 bits per heavy atom. The van der Waals surface area contributed by atoms with Crippen LogP contribution < -0.4 is 9.47 Å². The molecule has 0 aliphatic carbocycles. The van der Waals surface area contributed by atoms with Gasteiger partial charge in [-0.15, -0.1) is 0 Å². The molecule has 2 aromatic rings. The molecular weight excluding hydrogens is 292 g/mol. The van der Waals surface area contributed by atoms with E-state index >= 15 is 0 Å². The van der Waals surface area contributed by atoms with Crippen molar-refractivity contribution in [2.75, 3.05) is 7.11 Å². The molecule has 0 spiro atoms. The maximum absolute atomic E-state index is 5.79. The standard InChI is InChI=1S/C15H15BrO2/c1-11-8-13(16)15(9-14(11)17-2)18-10-12-6-4-3-5-7-12/h3-9H,10H2,1-2H3. The molecule has 0 amide bonds. The van der Waals surface area contributed by atoms with Crippen LogP contribution in [0.1, 0.15) is 11.1 Å². The van der Waals surface area contributed by atoms with Crippen molar-refractivity contribution in [2.45, 2.75) is 13.5 Å². The number of methoxy groups -OCH3 is 1. The molecule has 2 nitrogen and oxygen atoms in total. The second-order valence-corrected chi connectivity index (χ2v) is 4.88. The molecule has 18 heavy (non-hydrogen) atoms. The summed E-state index contributed by atoms with van der Waals surface area (Å²) in [6, 6.07) is 14.0. The first-order valence-corrected chi connectivity index (χ1v) is 6.51. The van der Waals surface area contributed by atoms with Gasteiger partial charge in [0.05, 0.1) is 11.6 Å². The number of hydrogen-bond donors (Lipinski definition) is 0. The Morgan fingerprint density at radius 2 is 1.78 bits per heavy atom. The maximum atomic E-state index is 5.79. The van der Waals surface area contributed by atoms with Crippen LogP contribution >= 0.6 is 15.9 Å². The molecule has 0 atom stereocenters. The molecule has 2 rings (SSSR count). The zero-order valence-corrected chi connectivity index (χ0v) is 12.0. The van der Waals surface area contributed by atoms with Gasteiger partial charge < -0.3 is 9.47 Å². The van der Waals surface area contributed by atoms with Crippen molar-refractivity contribution in [3.63, 3.8) is 0 Å². The summed E-state index contributed by atoms with van der Waals surface area (Å²) in [7, 11) is 1.66. The molecule has 0 fully saturated rings. The van der Waals surface area contributed by atoms with Crippen LogP contribution in [0.5, 0.6) is 11.5 Å². The molecule has 2 aromatic carbocycles. The quantitative estimate of drug-likeness (QED) is 0.836. The normalized spacial score (nSPS) is 10.2. The first-order valence-electron chi connectivity index (χ1n) is 5.71. The Morgan fingerprint density at radius 1 is 1.06 bits per heavy atom. The summed E-state index contributed by atoms with van der Waals surface area (Å²) in [5.74, 6) is 1.63. The van der Waals surface area contributed by atoms with Crippen molar-refractivity contribution < 1.29 is 9.47 Å². The van der Waals surface area contributed by atoms with Crippen molar-refractivity contribution in [2.24, 2.45) is 0 Å². The smallest absolute Gasteiger partial charge is 0.137 e. The number of benzene rings is 2. The highest BCUT2D eigenvalue weighted by Gasteiger charge is 2.07. The Bertz CT molecular complexity index is 524. The summed E-state index contributed by atoms with van der Waals surface area (Å²) in [6.45, 7) is 2.55. The highest BCUT2D eigenvalue weighted by molar-refractivity contribution is 9.10. The molecule has 0 aromatic heterocycles. The van der Waals surface area contributed by atoms with E-state index in [1.54, 1.807) is 7.11 Å². The van der Waals surface area contributed by atoms with Gasteiger partial charge in [-0.25, -0.2) is 0 Å². The van der Waals surface area contributed by atoms with Crippen molar-refractivity contribution >= 4 is 15.9 Å². The van der Waals surface area contributed by atoms with Crippen molar-refractivity contribution in [1.82, 2.24) is 0 Å². The van der Waals surface area contributed by atoms with Crippen LogP contribution in [-0.4, -0.2) is 7.11 Å². The van der Waals surface area contributed by atoms with Gasteiger partial charge in [0.1, 0.15) is 18.1 Å². The minimum Gasteiger partial charge on any atom is -0.496 e. The third-order valence-electron chi connectivity index (χ3n) is 2.69. The summed E-state index contributed by atoms with van der Waals surface area (Å²) in [4.78, 5) is 0. The van der Waals surface area contributed by atoms with Crippen LogP contribution in [0.3, 0.4) is 0 Å². The van der Waals surface area contributed by atoms with E-state index < -0.39 is 0 Å². The Labute approximate surface area is 116 Å². The van der Waals surface area contributed by atoms with Crippen LogP contribution in [0.2, 0.25) is 0 Å².